The van der Waals surface area contributed by atoms with E-state index < -0.39 is 0 Å². The highest BCUT2D eigenvalue weighted by molar-refractivity contribution is 9.10. The van der Waals surface area contributed by atoms with Gasteiger partial charge in [-0.1, -0.05) is 15.9 Å². The molecule has 104 valence electrons. The summed E-state index contributed by atoms with van der Waals surface area (Å²) in [6, 6.07) is 5.47. The number of fused-ring (bicyclic) bond motifs is 1. The zero-order chi connectivity index (χ0) is 13.9. The van der Waals surface area contributed by atoms with Gasteiger partial charge in [-0.3, -0.25) is 5.10 Å². The Hall–Kier alpha value is -2.02. The largest absolute Gasteiger partial charge is 0.493 e. The van der Waals surface area contributed by atoms with Gasteiger partial charge in [0.15, 0.2) is 0 Å². The van der Waals surface area contributed by atoms with E-state index >= 15 is 0 Å². The molecule has 0 fully saturated rings. The third kappa shape index (κ3) is 2.77. The highest BCUT2D eigenvalue weighted by Gasteiger charge is 2.23. The molecule has 2 amide bonds. The molecule has 1 aromatic heterocycles. The molecule has 0 saturated carbocycles. The van der Waals surface area contributed by atoms with Crippen LogP contribution in [0.5, 0.6) is 5.75 Å². The molecule has 2 aromatic rings. The van der Waals surface area contributed by atoms with Crippen LogP contribution in [-0.4, -0.2) is 22.8 Å². The lowest BCUT2D eigenvalue weighted by Gasteiger charge is -2.26. The van der Waals surface area contributed by atoms with Crippen LogP contribution < -0.4 is 15.4 Å². The number of hydrogen-bond donors (Lipinski definition) is 3. The van der Waals surface area contributed by atoms with Crippen LogP contribution in [-0.2, 0) is 0 Å². The number of rotatable bonds is 2. The molecule has 0 unspecified atom stereocenters. The number of benzene rings is 1. The van der Waals surface area contributed by atoms with Crippen LogP contribution in [0, 0.1) is 0 Å². The van der Waals surface area contributed by atoms with Gasteiger partial charge in [0.05, 0.1) is 24.5 Å². The first kappa shape index (κ1) is 13.0. The van der Waals surface area contributed by atoms with E-state index in [0.717, 1.165) is 22.2 Å². The Morgan fingerprint density at radius 1 is 1.50 bits per heavy atom. The Morgan fingerprint density at radius 3 is 3.20 bits per heavy atom. The highest BCUT2D eigenvalue weighted by atomic mass is 79.9. The van der Waals surface area contributed by atoms with E-state index in [0.29, 0.717) is 12.3 Å². The molecule has 0 aliphatic carbocycles. The van der Waals surface area contributed by atoms with E-state index in [-0.39, 0.29) is 12.1 Å². The van der Waals surface area contributed by atoms with Crippen LogP contribution >= 0.6 is 15.9 Å². The first-order valence-corrected chi connectivity index (χ1v) is 7.00. The van der Waals surface area contributed by atoms with Crippen LogP contribution in [0.15, 0.2) is 35.1 Å². The SMILES string of the molecule is O=C(Nc1cn[nH]c1)N[C@H]1CCOc2ccc(Br)cc21. The number of urea groups is 1. The van der Waals surface area contributed by atoms with Gasteiger partial charge in [-0.25, -0.2) is 4.79 Å². The first-order chi connectivity index (χ1) is 9.72. The highest BCUT2D eigenvalue weighted by Crippen LogP contribution is 2.34. The van der Waals surface area contributed by atoms with E-state index in [2.05, 4.69) is 36.8 Å². The van der Waals surface area contributed by atoms with E-state index in [1.165, 1.54) is 0 Å². The van der Waals surface area contributed by atoms with E-state index in [4.69, 9.17) is 4.74 Å². The van der Waals surface area contributed by atoms with Gasteiger partial charge in [-0.15, -0.1) is 0 Å². The normalized spacial score (nSPS) is 16.9. The standard InChI is InChI=1S/C13H13BrN4O2/c14-8-1-2-12-10(5-8)11(3-4-20-12)18-13(19)17-9-6-15-16-7-9/h1-2,5-7,11H,3-4H2,(H,15,16)(H2,17,18,19)/t11-/m0/s1. The quantitative estimate of drug-likeness (QED) is 0.788. The van der Waals surface area contributed by atoms with Crippen molar-refractivity contribution in [3.8, 4) is 5.75 Å². The average molecular weight is 337 g/mol. The number of aromatic amines is 1. The summed E-state index contributed by atoms with van der Waals surface area (Å²) in [4.78, 5) is 12.0. The van der Waals surface area contributed by atoms with Gasteiger partial charge >= 0.3 is 6.03 Å². The lowest BCUT2D eigenvalue weighted by molar-refractivity contribution is 0.232. The molecule has 2 heterocycles. The first-order valence-electron chi connectivity index (χ1n) is 6.21. The smallest absolute Gasteiger partial charge is 0.319 e. The van der Waals surface area contributed by atoms with Crippen LogP contribution in [0.3, 0.4) is 0 Å². The summed E-state index contributed by atoms with van der Waals surface area (Å²) in [5.74, 6) is 0.813. The number of carbonyl (C=O) groups excluding carboxylic acids is 1. The average Bonchev–Trinajstić information content (AvgIpc) is 2.92. The van der Waals surface area contributed by atoms with Crippen molar-refractivity contribution in [2.24, 2.45) is 0 Å². The van der Waals surface area contributed by atoms with E-state index in [9.17, 15) is 4.79 Å². The number of halogens is 1. The minimum absolute atomic E-state index is 0.0665. The van der Waals surface area contributed by atoms with Gasteiger partial charge in [-0.05, 0) is 18.2 Å². The van der Waals surface area contributed by atoms with Gasteiger partial charge < -0.3 is 15.4 Å². The summed E-state index contributed by atoms with van der Waals surface area (Å²) in [7, 11) is 0. The molecule has 6 nitrogen and oxygen atoms in total. The molecule has 20 heavy (non-hydrogen) atoms. The van der Waals surface area contributed by atoms with Crippen molar-refractivity contribution in [2.45, 2.75) is 12.5 Å². The molecule has 7 heteroatoms. The number of anilines is 1. The zero-order valence-electron chi connectivity index (χ0n) is 10.5. The molecule has 0 radical (unpaired) electrons. The maximum atomic E-state index is 12.0. The minimum atomic E-state index is -0.260. The third-order valence-electron chi connectivity index (χ3n) is 3.07. The fraction of sp³-hybridized carbons (Fsp3) is 0.231. The molecule has 0 bridgehead atoms. The summed E-state index contributed by atoms with van der Waals surface area (Å²) >= 11 is 3.44. The second-order valence-corrected chi connectivity index (χ2v) is 5.37. The maximum Gasteiger partial charge on any atom is 0.319 e. The topological polar surface area (TPSA) is 79.0 Å². The summed E-state index contributed by atoms with van der Waals surface area (Å²) < 4.78 is 6.55. The summed E-state index contributed by atoms with van der Waals surface area (Å²) in [5.41, 5.74) is 1.61. The maximum absolute atomic E-state index is 12.0. The number of H-pyrrole nitrogens is 1. The molecule has 3 N–H and O–H groups in total. The summed E-state index contributed by atoms with van der Waals surface area (Å²) in [5, 5.41) is 12.1. The van der Waals surface area contributed by atoms with Crippen molar-refractivity contribution >= 4 is 27.6 Å². The fourth-order valence-corrected chi connectivity index (χ4v) is 2.54. The van der Waals surface area contributed by atoms with Gasteiger partial charge in [0.25, 0.3) is 0 Å². The molecule has 1 aromatic carbocycles. The fourth-order valence-electron chi connectivity index (χ4n) is 2.16. The second kappa shape index (κ2) is 5.54. The number of nitrogens with one attached hydrogen (secondary N) is 3. The Labute approximate surface area is 124 Å². The van der Waals surface area contributed by atoms with E-state index in [1.807, 2.05) is 18.2 Å². The lowest BCUT2D eigenvalue weighted by Crippen LogP contribution is -2.35. The molecule has 0 saturated heterocycles. The minimum Gasteiger partial charge on any atom is -0.493 e. The monoisotopic (exact) mass is 336 g/mol. The van der Waals surface area contributed by atoms with Crippen molar-refractivity contribution in [3.63, 3.8) is 0 Å². The van der Waals surface area contributed by atoms with Crippen molar-refractivity contribution in [1.82, 2.24) is 15.5 Å². The van der Waals surface area contributed by atoms with Gasteiger partial charge in [0.1, 0.15) is 5.75 Å². The van der Waals surface area contributed by atoms with Gasteiger partial charge in [0, 0.05) is 22.7 Å². The predicted octanol–water partition coefficient (Wildman–Crippen LogP) is 2.82. The molecule has 1 atom stereocenters. The number of aromatic nitrogens is 2. The summed E-state index contributed by atoms with van der Waals surface area (Å²) in [6.07, 6.45) is 3.91. The van der Waals surface area contributed by atoms with Crippen molar-refractivity contribution in [3.05, 3.63) is 40.6 Å². The van der Waals surface area contributed by atoms with Crippen LogP contribution in [0.4, 0.5) is 10.5 Å². The Kier molecular flexibility index (Phi) is 3.60. The summed E-state index contributed by atoms with van der Waals surface area (Å²) in [6.45, 7) is 0.589. The number of ether oxygens (including phenoxy) is 1. The number of nitrogens with zero attached hydrogens (tertiary/aromatic N) is 1. The van der Waals surface area contributed by atoms with Crippen molar-refractivity contribution in [2.75, 3.05) is 11.9 Å². The molecule has 0 spiro atoms. The van der Waals surface area contributed by atoms with Crippen LogP contribution in [0.2, 0.25) is 0 Å². The van der Waals surface area contributed by atoms with Crippen molar-refractivity contribution < 1.29 is 9.53 Å². The van der Waals surface area contributed by atoms with Gasteiger partial charge in [-0.2, -0.15) is 5.10 Å². The Bertz CT molecular complexity index is 615. The van der Waals surface area contributed by atoms with E-state index in [1.54, 1.807) is 12.4 Å². The Balaban J connectivity index is 1.72. The molecular formula is C13H13BrN4O2. The van der Waals surface area contributed by atoms with Crippen LogP contribution in [0.25, 0.3) is 0 Å². The Morgan fingerprint density at radius 2 is 2.40 bits per heavy atom. The van der Waals surface area contributed by atoms with Crippen molar-refractivity contribution in [1.29, 1.82) is 0 Å². The van der Waals surface area contributed by atoms with Gasteiger partial charge in [0.2, 0.25) is 0 Å². The molecular weight excluding hydrogens is 324 g/mol. The lowest BCUT2D eigenvalue weighted by atomic mass is 10.0. The molecule has 1 aliphatic rings. The predicted molar refractivity (Wildman–Crippen MR) is 77.7 cm³/mol. The zero-order valence-corrected chi connectivity index (χ0v) is 12.1. The third-order valence-corrected chi connectivity index (χ3v) is 3.57. The number of carbonyl (C=O) groups is 1. The molecule has 3 rings (SSSR count). The second-order valence-electron chi connectivity index (χ2n) is 4.46. The number of amides is 2. The van der Waals surface area contributed by atoms with Crippen LogP contribution in [0.1, 0.15) is 18.0 Å². The number of hydrogen-bond acceptors (Lipinski definition) is 3. The molecule has 1 aliphatic heterocycles.